The van der Waals surface area contributed by atoms with E-state index in [1.54, 1.807) is 19.4 Å². The van der Waals surface area contributed by atoms with Crippen LogP contribution < -0.4 is 15.8 Å². The van der Waals surface area contributed by atoms with Gasteiger partial charge in [0.1, 0.15) is 5.75 Å². The average molecular weight is 256 g/mol. The summed E-state index contributed by atoms with van der Waals surface area (Å²) in [6, 6.07) is 5.53. The monoisotopic (exact) mass is 256 g/mol. The Kier molecular flexibility index (Phi) is 5.28. The quantitative estimate of drug-likeness (QED) is 0.762. The van der Waals surface area contributed by atoms with E-state index in [0.717, 1.165) is 24.4 Å². The van der Waals surface area contributed by atoms with Crippen LogP contribution in [0.5, 0.6) is 5.75 Å². The number of nitrogens with two attached hydrogens (primary N) is 1. The van der Waals surface area contributed by atoms with E-state index in [1.807, 2.05) is 19.1 Å². The lowest BCUT2D eigenvalue weighted by Crippen LogP contribution is -2.15. The van der Waals surface area contributed by atoms with Crippen molar-refractivity contribution in [2.75, 3.05) is 31.0 Å². The van der Waals surface area contributed by atoms with E-state index >= 15 is 0 Å². The average Bonchev–Trinajstić information content (AvgIpc) is 2.30. The zero-order valence-corrected chi connectivity index (χ0v) is 11.3. The van der Waals surface area contributed by atoms with Crippen molar-refractivity contribution in [3.8, 4) is 5.75 Å². The number of nitrogens with one attached hydrogen (secondary N) is 1. The minimum absolute atomic E-state index is 0.196. The summed E-state index contributed by atoms with van der Waals surface area (Å²) < 4.78 is 16.3. The Bertz CT molecular complexity index is 396. The molecule has 0 saturated carbocycles. The van der Waals surface area contributed by atoms with E-state index in [2.05, 4.69) is 5.32 Å². The Morgan fingerprint density at radius 2 is 2.24 bits per heavy atom. The summed E-state index contributed by atoms with van der Waals surface area (Å²) in [7, 11) is 0.841. The second kappa shape index (κ2) is 6.49. The second-order valence-electron chi connectivity index (χ2n) is 3.98. The number of rotatable bonds is 6. The summed E-state index contributed by atoms with van der Waals surface area (Å²) in [5.41, 5.74) is 7.42. The molecule has 0 aliphatic heterocycles. The first kappa shape index (κ1) is 13.8. The van der Waals surface area contributed by atoms with Gasteiger partial charge in [-0.05, 0) is 18.6 Å². The molecule has 0 aliphatic rings. The summed E-state index contributed by atoms with van der Waals surface area (Å²) in [4.78, 5) is 0. The van der Waals surface area contributed by atoms with Gasteiger partial charge in [-0.1, -0.05) is 6.92 Å². The molecule has 3 N–H and O–H groups in total. The SMILES string of the molecule is COc1ccc(NCCC(C)S(C)=O)c(N)c1. The predicted octanol–water partition coefficient (Wildman–Crippen LogP) is 1.85. The van der Waals surface area contributed by atoms with Gasteiger partial charge in [-0.2, -0.15) is 0 Å². The third-order valence-electron chi connectivity index (χ3n) is 2.69. The first-order valence-corrected chi connectivity index (χ1v) is 7.16. The van der Waals surface area contributed by atoms with Crippen LogP contribution in [0.25, 0.3) is 0 Å². The molecule has 1 aromatic rings. The molecular formula is C12H20N2O2S. The third kappa shape index (κ3) is 4.26. The summed E-state index contributed by atoms with van der Waals surface area (Å²) in [5.74, 6) is 0.746. The first-order valence-electron chi connectivity index (χ1n) is 5.54. The number of anilines is 2. The van der Waals surface area contributed by atoms with E-state index in [4.69, 9.17) is 10.5 Å². The summed E-state index contributed by atoms with van der Waals surface area (Å²) in [6.45, 7) is 2.74. The van der Waals surface area contributed by atoms with E-state index in [1.165, 1.54) is 0 Å². The largest absolute Gasteiger partial charge is 0.497 e. The standard InChI is InChI=1S/C12H20N2O2S/c1-9(17(3)15)6-7-14-12-5-4-10(16-2)8-11(12)13/h4-5,8-9,14H,6-7,13H2,1-3H3. The van der Waals surface area contributed by atoms with Crippen molar-refractivity contribution in [3.63, 3.8) is 0 Å². The molecule has 0 amide bonds. The Balaban J connectivity index is 2.49. The lowest BCUT2D eigenvalue weighted by Gasteiger charge is -2.12. The first-order chi connectivity index (χ1) is 8.04. The topological polar surface area (TPSA) is 64.3 Å². The van der Waals surface area contributed by atoms with E-state index in [-0.39, 0.29) is 5.25 Å². The predicted molar refractivity (Wildman–Crippen MR) is 74.0 cm³/mol. The molecule has 2 unspecified atom stereocenters. The van der Waals surface area contributed by atoms with Gasteiger partial charge in [-0.15, -0.1) is 0 Å². The molecule has 0 radical (unpaired) electrons. The molecule has 0 aliphatic carbocycles. The lowest BCUT2D eigenvalue weighted by molar-refractivity contribution is 0.415. The van der Waals surface area contributed by atoms with Gasteiger partial charge >= 0.3 is 0 Å². The van der Waals surface area contributed by atoms with E-state index in [9.17, 15) is 4.21 Å². The molecule has 96 valence electrons. The fraction of sp³-hybridized carbons (Fsp3) is 0.500. The lowest BCUT2D eigenvalue weighted by atomic mass is 10.2. The van der Waals surface area contributed by atoms with Gasteiger partial charge in [0.15, 0.2) is 0 Å². The van der Waals surface area contributed by atoms with Gasteiger partial charge in [0.05, 0.1) is 18.5 Å². The third-order valence-corrected chi connectivity index (χ3v) is 4.06. The smallest absolute Gasteiger partial charge is 0.121 e. The molecule has 0 fully saturated rings. The van der Waals surface area contributed by atoms with Gasteiger partial charge in [0.25, 0.3) is 0 Å². The molecular weight excluding hydrogens is 236 g/mol. The highest BCUT2D eigenvalue weighted by Gasteiger charge is 2.06. The Morgan fingerprint density at radius 3 is 2.76 bits per heavy atom. The Hall–Kier alpha value is -1.23. The molecule has 0 saturated heterocycles. The fourth-order valence-corrected chi connectivity index (χ4v) is 1.85. The highest BCUT2D eigenvalue weighted by Crippen LogP contribution is 2.23. The van der Waals surface area contributed by atoms with Gasteiger partial charge in [0.2, 0.25) is 0 Å². The zero-order valence-electron chi connectivity index (χ0n) is 10.5. The van der Waals surface area contributed by atoms with Crippen LogP contribution in [0.4, 0.5) is 11.4 Å². The molecule has 1 rings (SSSR count). The summed E-state index contributed by atoms with van der Waals surface area (Å²) in [6.07, 6.45) is 2.58. The van der Waals surface area contributed by atoms with Crippen LogP contribution in [-0.2, 0) is 10.8 Å². The normalized spacial score (nSPS) is 14.1. The highest BCUT2D eigenvalue weighted by molar-refractivity contribution is 7.84. The molecule has 0 bridgehead atoms. The Labute approximate surface area is 105 Å². The van der Waals surface area contributed by atoms with Gasteiger partial charge in [-0.3, -0.25) is 4.21 Å². The van der Waals surface area contributed by atoms with Crippen molar-refractivity contribution in [2.45, 2.75) is 18.6 Å². The van der Waals surface area contributed by atoms with E-state index in [0.29, 0.717) is 5.69 Å². The summed E-state index contributed by atoms with van der Waals surface area (Å²) in [5, 5.41) is 3.43. The molecule has 1 aromatic carbocycles. The fourth-order valence-electron chi connectivity index (χ4n) is 1.40. The molecule has 2 atom stereocenters. The van der Waals surface area contributed by atoms with Gasteiger partial charge in [0, 0.05) is 34.9 Å². The maximum Gasteiger partial charge on any atom is 0.121 e. The van der Waals surface area contributed by atoms with Crippen LogP contribution in [0.2, 0.25) is 0 Å². The molecule has 0 spiro atoms. The summed E-state index contributed by atoms with van der Waals surface area (Å²) >= 11 is 0. The van der Waals surface area contributed by atoms with Gasteiger partial charge < -0.3 is 15.8 Å². The zero-order chi connectivity index (χ0) is 12.8. The number of methoxy groups -OCH3 is 1. The second-order valence-corrected chi connectivity index (χ2v) is 5.78. The van der Waals surface area contributed by atoms with Crippen molar-refractivity contribution < 1.29 is 8.95 Å². The van der Waals surface area contributed by atoms with Crippen molar-refractivity contribution in [3.05, 3.63) is 18.2 Å². The molecule has 0 aromatic heterocycles. The molecule has 5 heteroatoms. The van der Waals surface area contributed by atoms with Crippen LogP contribution >= 0.6 is 0 Å². The molecule has 4 nitrogen and oxygen atoms in total. The molecule has 17 heavy (non-hydrogen) atoms. The van der Waals surface area contributed by atoms with Crippen LogP contribution in [0.15, 0.2) is 18.2 Å². The van der Waals surface area contributed by atoms with Crippen molar-refractivity contribution >= 4 is 22.2 Å². The maximum atomic E-state index is 11.2. The minimum Gasteiger partial charge on any atom is -0.497 e. The number of ether oxygens (including phenoxy) is 1. The minimum atomic E-state index is -0.770. The van der Waals surface area contributed by atoms with Crippen molar-refractivity contribution in [1.82, 2.24) is 0 Å². The van der Waals surface area contributed by atoms with Crippen LogP contribution in [0, 0.1) is 0 Å². The number of nitrogen functional groups attached to an aromatic ring is 1. The van der Waals surface area contributed by atoms with Gasteiger partial charge in [-0.25, -0.2) is 0 Å². The van der Waals surface area contributed by atoms with E-state index < -0.39 is 10.8 Å². The Morgan fingerprint density at radius 1 is 1.53 bits per heavy atom. The molecule has 0 heterocycles. The highest BCUT2D eigenvalue weighted by atomic mass is 32.2. The number of hydrogen-bond donors (Lipinski definition) is 2. The maximum absolute atomic E-state index is 11.2. The van der Waals surface area contributed by atoms with Crippen LogP contribution in [0.1, 0.15) is 13.3 Å². The van der Waals surface area contributed by atoms with Crippen LogP contribution in [-0.4, -0.2) is 29.4 Å². The van der Waals surface area contributed by atoms with Crippen LogP contribution in [0.3, 0.4) is 0 Å². The number of benzene rings is 1. The van der Waals surface area contributed by atoms with Crippen molar-refractivity contribution in [1.29, 1.82) is 0 Å². The van der Waals surface area contributed by atoms with Crippen molar-refractivity contribution in [2.24, 2.45) is 0 Å². The number of hydrogen-bond acceptors (Lipinski definition) is 4.